The van der Waals surface area contributed by atoms with Crippen molar-refractivity contribution in [2.75, 3.05) is 38.1 Å². The number of aliphatic imine (C=N–C) groups is 1. The van der Waals surface area contributed by atoms with Crippen molar-refractivity contribution in [1.29, 1.82) is 5.26 Å². The molecule has 0 amide bonds. The van der Waals surface area contributed by atoms with Crippen molar-refractivity contribution in [2.45, 2.75) is 19.9 Å². The largest absolute Gasteiger partial charge is 0.304 e. The molecule has 4 rings (SSSR count). The van der Waals surface area contributed by atoms with Gasteiger partial charge in [0.2, 0.25) is 0 Å². The molecule has 5 nitrogen and oxygen atoms in total. The van der Waals surface area contributed by atoms with Crippen LogP contribution in [0.1, 0.15) is 19.4 Å². The fraction of sp³-hybridized carbons (Fsp3) is 0.375. The highest BCUT2D eigenvalue weighted by Crippen LogP contribution is 2.41. The number of benzene rings is 2. The van der Waals surface area contributed by atoms with E-state index >= 15 is 0 Å². The van der Waals surface area contributed by atoms with Gasteiger partial charge in [0, 0.05) is 42.3 Å². The quantitative estimate of drug-likeness (QED) is 0.631. The van der Waals surface area contributed by atoms with Crippen LogP contribution in [0.25, 0.3) is 0 Å². The van der Waals surface area contributed by atoms with Gasteiger partial charge in [-0.3, -0.25) is 9.80 Å². The van der Waals surface area contributed by atoms with Crippen LogP contribution in [0, 0.1) is 16.7 Å². The number of halogens is 1. The van der Waals surface area contributed by atoms with Gasteiger partial charge in [0.1, 0.15) is 5.84 Å². The number of rotatable bonds is 3. The predicted octanol–water partition coefficient (Wildman–Crippen LogP) is 4.73. The summed E-state index contributed by atoms with van der Waals surface area (Å²) in [6, 6.07) is 17.4. The number of anilines is 1. The van der Waals surface area contributed by atoms with Gasteiger partial charge >= 0.3 is 0 Å². The average Bonchev–Trinajstić information content (AvgIpc) is 2.96. The number of hydrogen-bond acceptors (Lipinski definition) is 5. The molecule has 1 unspecified atom stereocenters. The van der Waals surface area contributed by atoms with Gasteiger partial charge in [-0.2, -0.15) is 5.26 Å². The second-order valence-electron chi connectivity index (χ2n) is 8.71. The summed E-state index contributed by atoms with van der Waals surface area (Å²) in [6.07, 6.45) is 0. The smallest absolute Gasteiger partial charge is 0.133 e. The SMILES string of the molecule is CN1CCN(C2C(=Nc3ccc(Cl)cc3)N(c3ccc(C#N)cc3)C(=S)C2(C)C)CC1. The molecule has 2 aliphatic heterocycles. The maximum Gasteiger partial charge on any atom is 0.133 e. The summed E-state index contributed by atoms with van der Waals surface area (Å²) in [4.78, 5) is 12.9. The fourth-order valence-corrected chi connectivity index (χ4v) is 4.78. The first kappa shape index (κ1) is 21.9. The molecule has 0 saturated carbocycles. The summed E-state index contributed by atoms with van der Waals surface area (Å²) in [7, 11) is 2.16. The molecule has 2 aromatic rings. The van der Waals surface area contributed by atoms with E-state index in [2.05, 4.69) is 41.7 Å². The molecule has 2 aliphatic rings. The minimum Gasteiger partial charge on any atom is -0.304 e. The molecular weight excluding hydrogens is 426 g/mol. The average molecular weight is 452 g/mol. The lowest BCUT2D eigenvalue weighted by molar-refractivity contribution is 0.109. The third-order valence-electron chi connectivity index (χ3n) is 6.14. The van der Waals surface area contributed by atoms with Gasteiger partial charge in [0.15, 0.2) is 0 Å². The van der Waals surface area contributed by atoms with E-state index in [0.717, 1.165) is 48.4 Å². The van der Waals surface area contributed by atoms with Crippen LogP contribution in [0.2, 0.25) is 5.02 Å². The van der Waals surface area contributed by atoms with Crippen molar-refractivity contribution in [3.8, 4) is 6.07 Å². The van der Waals surface area contributed by atoms with Gasteiger partial charge < -0.3 is 4.90 Å². The van der Waals surface area contributed by atoms with Crippen LogP contribution in [-0.4, -0.2) is 59.9 Å². The zero-order valence-electron chi connectivity index (χ0n) is 18.0. The molecule has 7 heteroatoms. The molecule has 0 N–H and O–H groups in total. The standard InChI is InChI=1S/C24H26ClN5S/c1-24(2)21(29-14-12-28(3)13-15-29)22(27-19-8-6-18(25)7-9-19)30(23(24)31)20-10-4-17(16-26)5-11-20/h4-11,21H,12-15H2,1-3H3. The van der Waals surface area contributed by atoms with Crippen LogP contribution in [-0.2, 0) is 0 Å². The first-order valence-electron chi connectivity index (χ1n) is 10.4. The summed E-state index contributed by atoms with van der Waals surface area (Å²) in [6.45, 7) is 8.38. The van der Waals surface area contributed by atoms with Crippen LogP contribution in [0.4, 0.5) is 11.4 Å². The monoisotopic (exact) mass is 451 g/mol. The second-order valence-corrected chi connectivity index (χ2v) is 9.53. The van der Waals surface area contributed by atoms with Gasteiger partial charge in [0.25, 0.3) is 0 Å². The normalized spacial score (nSPS) is 23.3. The molecule has 31 heavy (non-hydrogen) atoms. The Bertz CT molecular complexity index is 1030. The van der Waals surface area contributed by atoms with Gasteiger partial charge in [-0.15, -0.1) is 0 Å². The third kappa shape index (κ3) is 4.24. The third-order valence-corrected chi connectivity index (χ3v) is 7.10. The molecule has 2 saturated heterocycles. The predicted molar refractivity (Wildman–Crippen MR) is 131 cm³/mol. The van der Waals surface area contributed by atoms with Gasteiger partial charge in [-0.25, -0.2) is 4.99 Å². The molecule has 1 atom stereocenters. The maximum absolute atomic E-state index is 9.20. The Morgan fingerprint density at radius 2 is 1.65 bits per heavy atom. The molecule has 2 heterocycles. The van der Waals surface area contributed by atoms with Crippen molar-refractivity contribution >= 4 is 46.0 Å². The van der Waals surface area contributed by atoms with E-state index in [4.69, 9.17) is 28.8 Å². The van der Waals surface area contributed by atoms with Crippen molar-refractivity contribution in [3.63, 3.8) is 0 Å². The van der Waals surface area contributed by atoms with E-state index in [-0.39, 0.29) is 11.5 Å². The maximum atomic E-state index is 9.20. The van der Waals surface area contributed by atoms with Gasteiger partial charge in [0.05, 0.1) is 28.4 Å². The Balaban J connectivity index is 1.82. The molecule has 0 aromatic heterocycles. The van der Waals surface area contributed by atoms with Crippen molar-refractivity contribution in [1.82, 2.24) is 9.80 Å². The minimum atomic E-state index is -0.273. The lowest BCUT2D eigenvalue weighted by Gasteiger charge is -2.40. The summed E-state index contributed by atoms with van der Waals surface area (Å²) in [5.74, 6) is 0.923. The highest BCUT2D eigenvalue weighted by atomic mass is 35.5. The molecule has 0 spiro atoms. The summed E-state index contributed by atoms with van der Waals surface area (Å²) in [5, 5.41) is 9.88. The van der Waals surface area contributed by atoms with Crippen LogP contribution in [0.5, 0.6) is 0 Å². The highest BCUT2D eigenvalue weighted by Gasteiger charge is 2.52. The van der Waals surface area contributed by atoms with Crippen molar-refractivity contribution in [2.24, 2.45) is 10.4 Å². The number of piperazine rings is 1. The molecular formula is C24H26ClN5S. The Morgan fingerprint density at radius 1 is 1.03 bits per heavy atom. The number of nitrogens with zero attached hydrogens (tertiary/aromatic N) is 5. The number of nitriles is 1. The van der Waals surface area contributed by atoms with E-state index in [1.165, 1.54) is 0 Å². The number of hydrogen-bond donors (Lipinski definition) is 0. The lowest BCUT2D eigenvalue weighted by atomic mass is 9.85. The Labute approximate surface area is 194 Å². The van der Waals surface area contributed by atoms with Crippen LogP contribution < -0.4 is 4.90 Å². The van der Waals surface area contributed by atoms with Crippen LogP contribution >= 0.6 is 23.8 Å². The molecule has 2 fully saturated rings. The molecule has 0 radical (unpaired) electrons. The number of likely N-dealkylation sites (N-methyl/N-ethyl adjacent to an activating group) is 1. The van der Waals surface area contributed by atoms with E-state index in [9.17, 15) is 5.26 Å². The summed E-state index contributed by atoms with van der Waals surface area (Å²) in [5.41, 5.74) is 2.13. The van der Waals surface area contributed by atoms with Crippen molar-refractivity contribution in [3.05, 3.63) is 59.1 Å². The highest BCUT2D eigenvalue weighted by molar-refractivity contribution is 7.80. The second kappa shape index (κ2) is 8.68. The zero-order valence-corrected chi connectivity index (χ0v) is 19.6. The zero-order chi connectivity index (χ0) is 22.2. The minimum absolute atomic E-state index is 0.0556. The van der Waals surface area contributed by atoms with E-state index in [0.29, 0.717) is 10.6 Å². The van der Waals surface area contributed by atoms with E-state index < -0.39 is 0 Å². The number of thiocarbonyl (C=S) groups is 1. The van der Waals surface area contributed by atoms with E-state index in [1.807, 2.05) is 48.5 Å². The Morgan fingerprint density at radius 3 is 2.23 bits per heavy atom. The molecule has 2 aromatic carbocycles. The van der Waals surface area contributed by atoms with E-state index in [1.54, 1.807) is 0 Å². The lowest BCUT2D eigenvalue weighted by Crippen LogP contribution is -2.55. The van der Waals surface area contributed by atoms with Crippen molar-refractivity contribution < 1.29 is 0 Å². The summed E-state index contributed by atoms with van der Waals surface area (Å²) >= 11 is 12.1. The van der Waals surface area contributed by atoms with Gasteiger partial charge in [-0.1, -0.05) is 37.7 Å². The number of amidine groups is 1. The molecule has 0 aliphatic carbocycles. The summed E-state index contributed by atoms with van der Waals surface area (Å²) < 4.78 is 0. The topological polar surface area (TPSA) is 45.9 Å². The first-order chi connectivity index (χ1) is 14.8. The van der Waals surface area contributed by atoms with Crippen LogP contribution in [0.3, 0.4) is 0 Å². The van der Waals surface area contributed by atoms with Gasteiger partial charge in [-0.05, 0) is 55.6 Å². The van der Waals surface area contributed by atoms with Crippen LogP contribution in [0.15, 0.2) is 53.5 Å². The first-order valence-corrected chi connectivity index (χ1v) is 11.2. The molecule has 160 valence electrons. The molecule has 0 bridgehead atoms. The Kier molecular flexibility index (Phi) is 6.14. The Hall–Kier alpha value is -2.30. The fourth-order valence-electron chi connectivity index (χ4n) is 4.35.